The van der Waals surface area contributed by atoms with Crippen molar-refractivity contribution in [3.63, 3.8) is 0 Å². The average Bonchev–Trinajstić information content (AvgIpc) is 3.55. The van der Waals surface area contributed by atoms with Gasteiger partial charge in [0.1, 0.15) is 11.6 Å². The van der Waals surface area contributed by atoms with E-state index in [0.29, 0.717) is 11.5 Å². The van der Waals surface area contributed by atoms with E-state index in [-0.39, 0.29) is 11.4 Å². The van der Waals surface area contributed by atoms with Crippen LogP contribution in [0.4, 0.5) is 5.69 Å². The number of fused-ring (bicyclic) bond motifs is 1. The topological polar surface area (TPSA) is 133 Å². The highest BCUT2D eigenvalue weighted by atomic mass is 32.1. The Morgan fingerprint density at radius 3 is 2.90 bits per heavy atom. The van der Waals surface area contributed by atoms with Gasteiger partial charge >= 0.3 is 0 Å². The molecule has 0 aliphatic heterocycles. The van der Waals surface area contributed by atoms with E-state index in [4.69, 9.17) is 5.10 Å². The molecule has 0 saturated heterocycles. The van der Waals surface area contributed by atoms with Crippen molar-refractivity contribution >= 4 is 28.2 Å². The van der Waals surface area contributed by atoms with Crippen molar-refractivity contribution < 1.29 is 0 Å². The molecule has 4 heterocycles. The summed E-state index contributed by atoms with van der Waals surface area (Å²) in [4.78, 5) is 0.998. The first-order valence-corrected chi connectivity index (χ1v) is 9.67. The first-order chi connectivity index (χ1) is 14.8. The van der Waals surface area contributed by atoms with Crippen LogP contribution < -0.4 is 5.32 Å². The summed E-state index contributed by atoms with van der Waals surface area (Å²) < 4.78 is 1.74. The Morgan fingerprint density at radius 1 is 1.13 bits per heavy atom. The number of thiophene rings is 1. The van der Waals surface area contributed by atoms with E-state index in [1.807, 2.05) is 60.0 Å². The van der Waals surface area contributed by atoms with E-state index >= 15 is 0 Å². The van der Waals surface area contributed by atoms with Crippen molar-refractivity contribution in [3.05, 3.63) is 65.9 Å². The second kappa shape index (κ2) is 7.53. The van der Waals surface area contributed by atoms with E-state index in [1.54, 1.807) is 15.9 Å². The molecule has 11 heteroatoms. The molecule has 0 amide bonds. The number of hydrogen-bond donors (Lipinski definition) is 2. The summed E-state index contributed by atoms with van der Waals surface area (Å²) in [6.45, 7) is 0. The van der Waals surface area contributed by atoms with Gasteiger partial charge < -0.3 is 5.32 Å². The number of nitrogens with one attached hydrogen (secondary N) is 2. The number of nitrogens with zero attached hydrogens (tertiary/aromatic N) is 8. The Balaban J connectivity index is 1.47. The maximum absolute atomic E-state index is 9.29. The summed E-state index contributed by atoms with van der Waals surface area (Å²) >= 11 is 1.59. The molecule has 0 atom stereocenters. The van der Waals surface area contributed by atoms with Crippen LogP contribution >= 0.6 is 11.3 Å². The molecule has 0 aliphatic rings. The van der Waals surface area contributed by atoms with Gasteiger partial charge in [0.25, 0.3) is 0 Å². The molecule has 0 fully saturated rings. The van der Waals surface area contributed by atoms with Gasteiger partial charge in [-0.05, 0) is 40.9 Å². The molecule has 0 aliphatic carbocycles. The maximum atomic E-state index is 9.29. The number of aromatic nitrogens is 8. The fourth-order valence-corrected chi connectivity index (χ4v) is 3.54. The molecule has 2 N–H and O–H groups in total. The van der Waals surface area contributed by atoms with E-state index in [1.165, 1.54) is 6.20 Å². The largest absolute Gasteiger partial charge is 0.360 e. The zero-order valence-electron chi connectivity index (χ0n) is 15.3. The zero-order chi connectivity index (χ0) is 20.3. The lowest BCUT2D eigenvalue weighted by Crippen LogP contribution is -1.97. The monoisotopic (exact) mass is 412 g/mol. The Labute approximate surface area is 173 Å². The number of anilines is 1. The van der Waals surface area contributed by atoms with Crippen molar-refractivity contribution in [3.8, 4) is 28.0 Å². The first kappa shape index (κ1) is 17.7. The third-order valence-electron chi connectivity index (χ3n) is 4.25. The van der Waals surface area contributed by atoms with Crippen molar-refractivity contribution in [1.29, 1.82) is 5.26 Å². The lowest BCUT2D eigenvalue weighted by Gasteiger charge is -2.06. The van der Waals surface area contributed by atoms with Crippen molar-refractivity contribution in [2.45, 2.75) is 0 Å². The van der Waals surface area contributed by atoms with E-state index < -0.39 is 0 Å². The Hall–Kier alpha value is -4.43. The van der Waals surface area contributed by atoms with Crippen LogP contribution in [0.15, 0.2) is 60.1 Å². The third-order valence-corrected chi connectivity index (χ3v) is 5.12. The number of benzene rings is 1. The minimum Gasteiger partial charge on any atom is -0.360 e. The quantitative estimate of drug-likeness (QED) is 0.421. The number of hydrogen-bond acceptors (Lipinski definition) is 9. The predicted octanol–water partition coefficient (Wildman–Crippen LogP) is 3.01. The Bertz CT molecular complexity index is 1380. The molecule has 1 aromatic carbocycles. The van der Waals surface area contributed by atoms with Crippen molar-refractivity contribution in [2.75, 3.05) is 5.32 Å². The summed E-state index contributed by atoms with van der Waals surface area (Å²) in [5.74, 6) is 0.930. The van der Waals surface area contributed by atoms with E-state index in [2.05, 4.69) is 36.1 Å². The van der Waals surface area contributed by atoms with Crippen LogP contribution in [-0.4, -0.2) is 40.4 Å². The van der Waals surface area contributed by atoms with Crippen LogP contribution in [-0.2, 0) is 0 Å². The SMILES string of the molecule is N#CC(=CNc1cccc(-c2ccc3nnc(-c4cccs4)n3n2)c1)c1nn[nH]n1. The van der Waals surface area contributed by atoms with Gasteiger partial charge in [-0.2, -0.15) is 20.1 Å². The van der Waals surface area contributed by atoms with Gasteiger partial charge in [-0.25, -0.2) is 0 Å². The van der Waals surface area contributed by atoms with Gasteiger partial charge in [-0.1, -0.05) is 18.2 Å². The molecule has 0 radical (unpaired) electrons. The number of H-pyrrole nitrogens is 1. The lowest BCUT2D eigenvalue weighted by atomic mass is 10.1. The summed E-state index contributed by atoms with van der Waals surface area (Å²) in [5, 5.41) is 41.0. The minimum atomic E-state index is 0.224. The molecule has 0 bridgehead atoms. The molecule has 5 aromatic rings. The zero-order valence-corrected chi connectivity index (χ0v) is 16.1. The number of nitriles is 1. The lowest BCUT2D eigenvalue weighted by molar-refractivity contribution is 0.881. The highest BCUT2D eigenvalue weighted by Crippen LogP contribution is 2.25. The van der Waals surface area contributed by atoms with Crippen LogP contribution in [0.1, 0.15) is 5.82 Å². The molecule has 0 unspecified atom stereocenters. The van der Waals surface area contributed by atoms with E-state index in [9.17, 15) is 5.26 Å². The third kappa shape index (κ3) is 3.27. The van der Waals surface area contributed by atoms with Crippen LogP contribution in [0.3, 0.4) is 0 Å². The number of aromatic amines is 1. The number of rotatable bonds is 5. The first-order valence-electron chi connectivity index (χ1n) is 8.79. The second-order valence-electron chi connectivity index (χ2n) is 6.12. The fourth-order valence-electron chi connectivity index (χ4n) is 2.85. The van der Waals surface area contributed by atoms with Gasteiger partial charge in [-0.15, -0.1) is 31.7 Å². The van der Waals surface area contributed by atoms with Crippen LogP contribution in [0.2, 0.25) is 0 Å². The Morgan fingerprint density at radius 2 is 2.10 bits per heavy atom. The second-order valence-corrected chi connectivity index (χ2v) is 7.07. The standard InChI is InChI=1S/C19H12N10S/c20-10-13(18-23-27-28-24-18)11-21-14-4-1-3-12(9-14)15-6-7-17-22-25-19(29(17)26-15)16-5-2-8-30-16/h1-9,11,21H,(H,23,24,27,28). The molecule has 10 nitrogen and oxygen atoms in total. The van der Waals surface area contributed by atoms with Gasteiger partial charge in [0.2, 0.25) is 5.82 Å². The smallest absolute Gasteiger partial charge is 0.216 e. The summed E-state index contributed by atoms with van der Waals surface area (Å²) in [5.41, 5.74) is 3.40. The normalized spacial score (nSPS) is 11.5. The highest BCUT2D eigenvalue weighted by molar-refractivity contribution is 7.13. The maximum Gasteiger partial charge on any atom is 0.216 e. The summed E-state index contributed by atoms with van der Waals surface area (Å²) in [6.07, 6.45) is 1.54. The molecule has 30 heavy (non-hydrogen) atoms. The molecular formula is C19H12N10S. The van der Waals surface area contributed by atoms with E-state index in [0.717, 1.165) is 21.8 Å². The van der Waals surface area contributed by atoms with Crippen LogP contribution in [0.5, 0.6) is 0 Å². The number of tetrazole rings is 1. The molecule has 0 saturated carbocycles. The van der Waals surface area contributed by atoms with Crippen LogP contribution in [0, 0.1) is 11.3 Å². The Kier molecular flexibility index (Phi) is 4.43. The predicted molar refractivity (Wildman–Crippen MR) is 111 cm³/mol. The molecule has 144 valence electrons. The average molecular weight is 412 g/mol. The molecular weight excluding hydrogens is 400 g/mol. The molecule has 4 aromatic heterocycles. The number of allylic oxidation sites excluding steroid dienone is 1. The van der Waals surface area contributed by atoms with Gasteiger partial charge in [0.15, 0.2) is 11.5 Å². The van der Waals surface area contributed by atoms with Crippen LogP contribution in [0.25, 0.3) is 33.2 Å². The summed E-state index contributed by atoms with van der Waals surface area (Å²) in [7, 11) is 0. The van der Waals surface area contributed by atoms with Crippen molar-refractivity contribution in [1.82, 2.24) is 40.4 Å². The molecule has 0 spiro atoms. The summed E-state index contributed by atoms with van der Waals surface area (Å²) in [6, 6.07) is 17.5. The highest BCUT2D eigenvalue weighted by Gasteiger charge is 2.12. The minimum absolute atomic E-state index is 0.224. The van der Waals surface area contributed by atoms with Gasteiger partial charge in [0, 0.05) is 17.5 Å². The molecule has 5 rings (SSSR count). The van der Waals surface area contributed by atoms with Gasteiger partial charge in [-0.3, -0.25) is 0 Å². The van der Waals surface area contributed by atoms with Crippen molar-refractivity contribution in [2.24, 2.45) is 0 Å². The van der Waals surface area contributed by atoms with Gasteiger partial charge in [0.05, 0.1) is 10.6 Å². The fraction of sp³-hybridized carbons (Fsp3) is 0.